The van der Waals surface area contributed by atoms with Crippen molar-refractivity contribution in [1.29, 1.82) is 0 Å². The second-order valence-corrected chi connectivity index (χ2v) is 6.27. The molecule has 0 aliphatic heterocycles. The zero-order valence-electron chi connectivity index (χ0n) is 13.6. The van der Waals surface area contributed by atoms with Gasteiger partial charge in [0, 0.05) is 12.3 Å². The van der Waals surface area contributed by atoms with Crippen molar-refractivity contribution in [2.24, 2.45) is 0 Å². The van der Waals surface area contributed by atoms with Crippen LogP contribution in [0.25, 0.3) is 0 Å². The standard InChI is InChI=1S/C19H22N2O2.ClH/c22-15-20-19(11-5-2-6-12-19)17-9-10-18(23)21(14-17)13-16-7-3-1-4-8-16;/h1,3-4,7-10,14-15H,2,5-6,11-13H2,(H,20,22);1H. The third-order valence-electron chi connectivity index (χ3n) is 4.77. The summed E-state index contributed by atoms with van der Waals surface area (Å²) in [6, 6.07) is 13.4. The second kappa shape index (κ2) is 8.15. The van der Waals surface area contributed by atoms with Gasteiger partial charge in [-0.3, -0.25) is 9.59 Å². The van der Waals surface area contributed by atoms with Gasteiger partial charge in [0.25, 0.3) is 5.56 Å². The minimum absolute atomic E-state index is 0. The molecule has 1 N–H and O–H groups in total. The van der Waals surface area contributed by atoms with Gasteiger partial charge in [0.1, 0.15) is 0 Å². The molecule has 0 spiro atoms. The van der Waals surface area contributed by atoms with Gasteiger partial charge in [0.2, 0.25) is 6.41 Å². The van der Waals surface area contributed by atoms with E-state index in [-0.39, 0.29) is 23.5 Å². The van der Waals surface area contributed by atoms with Crippen LogP contribution < -0.4 is 10.9 Å². The van der Waals surface area contributed by atoms with Crippen LogP contribution in [0, 0.1) is 0 Å². The first-order valence-corrected chi connectivity index (χ1v) is 8.20. The average Bonchev–Trinajstić information content (AvgIpc) is 2.59. The number of carbonyl (C=O) groups excluding carboxylic acids is 1. The summed E-state index contributed by atoms with van der Waals surface area (Å²) in [5.74, 6) is 0. The monoisotopic (exact) mass is 346 g/mol. The molecule has 128 valence electrons. The maximum Gasteiger partial charge on any atom is 0.250 e. The molecule has 1 aromatic heterocycles. The van der Waals surface area contributed by atoms with E-state index >= 15 is 0 Å². The van der Waals surface area contributed by atoms with Gasteiger partial charge < -0.3 is 9.88 Å². The van der Waals surface area contributed by atoms with Crippen LogP contribution in [0.3, 0.4) is 0 Å². The fourth-order valence-corrected chi connectivity index (χ4v) is 3.50. The first-order valence-electron chi connectivity index (χ1n) is 8.20. The quantitative estimate of drug-likeness (QED) is 0.845. The summed E-state index contributed by atoms with van der Waals surface area (Å²) >= 11 is 0. The summed E-state index contributed by atoms with van der Waals surface area (Å²) in [5.41, 5.74) is 1.77. The summed E-state index contributed by atoms with van der Waals surface area (Å²) in [4.78, 5) is 23.3. The van der Waals surface area contributed by atoms with Crippen molar-refractivity contribution in [2.75, 3.05) is 0 Å². The maximum atomic E-state index is 12.2. The first-order chi connectivity index (χ1) is 11.2. The van der Waals surface area contributed by atoms with Gasteiger partial charge in [-0.1, -0.05) is 49.6 Å². The van der Waals surface area contributed by atoms with Crippen molar-refractivity contribution < 1.29 is 4.79 Å². The lowest BCUT2D eigenvalue weighted by atomic mass is 9.77. The Morgan fingerprint density at radius 2 is 1.75 bits per heavy atom. The van der Waals surface area contributed by atoms with Gasteiger partial charge in [0.15, 0.2) is 0 Å². The minimum Gasteiger partial charge on any atom is -0.349 e. The Labute approximate surface area is 148 Å². The Hall–Kier alpha value is -2.07. The smallest absolute Gasteiger partial charge is 0.250 e. The molecule has 0 bridgehead atoms. The highest BCUT2D eigenvalue weighted by Gasteiger charge is 2.33. The number of amides is 1. The molecule has 4 nitrogen and oxygen atoms in total. The van der Waals surface area contributed by atoms with Crippen LogP contribution in [-0.2, 0) is 16.9 Å². The largest absolute Gasteiger partial charge is 0.349 e. The van der Waals surface area contributed by atoms with Crippen molar-refractivity contribution in [1.82, 2.24) is 9.88 Å². The summed E-state index contributed by atoms with van der Waals surface area (Å²) < 4.78 is 1.73. The number of nitrogens with one attached hydrogen (secondary N) is 1. The highest BCUT2D eigenvalue weighted by molar-refractivity contribution is 5.85. The zero-order valence-corrected chi connectivity index (χ0v) is 14.4. The number of hydrogen-bond donors (Lipinski definition) is 1. The number of carbonyl (C=O) groups is 1. The Balaban J connectivity index is 0.00000208. The molecule has 1 aliphatic carbocycles. The summed E-state index contributed by atoms with van der Waals surface area (Å²) in [6.45, 7) is 0.546. The summed E-state index contributed by atoms with van der Waals surface area (Å²) in [5, 5.41) is 3.03. The first kappa shape index (κ1) is 18.3. The molecule has 1 amide bonds. The molecule has 24 heavy (non-hydrogen) atoms. The third-order valence-corrected chi connectivity index (χ3v) is 4.77. The molecule has 1 aromatic carbocycles. The van der Waals surface area contributed by atoms with Crippen molar-refractivity contribution in [3.8, 4) is 0 Å². The summed E-state index contributed by atoms with van der Waals surface area (Å²) in [7, 11) is 0. The Bertz CT molecular complexity index is 722. The van der Waals surface area contributed by atoms with E-state index in [1.165, 1.54) is 6.42 Å². The van der Waals surface area contributed by atoms with Gasteiger partial charge in [-0.15, -0.1) is 12.4 Å². The van der Waals surface area contributed by atoms with Gasteiger partial charge in [-0.05, 0) is 30.0 Å². The van der Waals surface area contributed by atoms with E-state index in [1.54, 1.807) is 10.6 Å². The van der Waals surface area contributed by atoms with Crippen molar-refractivity contribution in [2.45, 2.75) is 44.2 Å². The van der Waals surface area contributed by atoms with E-state index in [0.29, 0.717) is 6.54 Å². The number of hydrogen-bond acceptors (Lipinski definition) is 2. The third kappa shape index (κ3) is 3.88. The van der Waals surface area contributed by atoms with E-state index in [9.17, 15) is 9.59 Å². The molecule has 0 radical (unpaired) electrons. The van der Waals surface area contributed by atoms with Crippen LogP contribution in [-0.4, -0.2) is 11.0 Å². The van der Waals surface area contributed by atoms with Crippen LogP contribution in [0.4, 0.5) is 0 Å². The molecular formula is C19H23ClN2O2. The lowest BCUT2D eigenvalue weighted by molar-refractivity contribution is -0.111. The fourth-order valence-electron chi connectivity index (χ4n) is 3.50. The number of rotatable bonds is 5. The molecule has 3 rings (SSSR count). The lowest BCUT2D eigenvalue weighted by Crippen LogP contribution is -2.44. The van der Waals surface area contributed by atoms with E-state index in [4.69, 9.17) is 0 Å². The molecule has 0 atom stereocenters. The zero-order chi connectivity index (χ0) is 16.1. The fraction of sp³-hybridized carbons (Fsp3) is 0.368. The maximum absolute atomic E-state index is 12.2. The molecule has 1 saturated carbocycles. The van der Waals surface area contributed by atoms with Gasteiger partial charge in [-0.2, -0.15) is 0 Å². The Morgan fingerprint density at radius 3 is 2.42 bits per heavy atom. The molecule has 1 heterocycles. The number of aromatic nitrogens is 1. The molecule has 0 unspecified atom stereocenters. The van der Waals surface area contributed by atoms with E-state index < -0.39 is 0 Å². The molecular weight excluding hydrogens is 324 g/mol. The van der Waals surface area contributed by atoms with Crippen LogP contribution in [0.5, 0.6) is 0 Å². The van der Waals surface area contributed by atoms with Gasteiger partial charge in [-0.25, -0.2) is 0 Å². The number of nitrogens with zero attached hydrogens (tertiary/aromatic N) is 1. The van der Waals surface area contributed by atoms with Gasteiger partial charge in [0.05, 0.1) is 12.1 Å². The minimum atomic E-state index is -0.327. The summed E-state index contributed by atoms with van der Waals surface area (Å²) in [6.07, 6.45) is 7.95. The molecule has 2 aromatic rings. The van der Waals surface area contributed by atoms with Crippen molar-refractivity contribution in [3.63, 3.8) is 0 Å². The van der Waals surface area contributed by atoms with Crippen molar-refractivity contribution in [3.05, 3.63) is 70.1 Å². The predicted molar refractivity (Wildman–Crippen MR) is 97.5 cm³/mol. The highest BCUT2D eigenvalue weighted by Crippen LogP contribution is 2.36. The molecule has 1 aliphatic rings. The van der Waals surface area contributed by atoms with E-state index in [1.807, 2.05) is 42.6 Å². The van der Waals surface area contributed by atoms with Crippen molar-refractivity contribution >= 4 is 18.8 Å². The van der Waals surface area contributed by atoms with Crippen LogP contribution in [0.2, 0.25) is 0 Å². The number of pyridine rings is 1. The normalized spacial score (nSPS) is 16.0. The highest BCUT2D eigenvalue weighted by atomic mass is 35.5. The molecule has 1 fully saturated rings. The number of halogens is 1. The Kier molecular flexibility index (Phi) is 6.21. The van der Waals surface area contributed by atoms with Gasteiger partial charge >= 0.3 is 0 Å². The number of benzene rings is 1. The van der Waals surface area contributed by atoms with E-state index in [2.05, 4.69) is 5.32 Å². The molecule has 0 saturated heterocycles. The van der Waals surface area contributed by atoms with E-state index in [0.717, 1.165) is 43.2 Å². The predicted octanol–water partition coefficient (Wildman–Crippen LogP) is 3.22. The lowest BCUT2D eigenvalue weighted by Gasteiger charge is -2.37. The average molecular weight is 347 g/mol. The topological polar surface area (TPSA) is 51.1 Å². The molecule has 5 heteroatoms. The van der Waals surface area contributed by atoms with Crippen LogP contribution in [0.1, 0.15) is 43.2 Å². The van der Waals surface area contributed by atoms with Crippen LogP contribution in [0.15, 0.2) is 53.5 Å². The van der Waals surface area contributed by atoms with Crippen LogP contribution >= 0.6 is 12.4 Å². The Morgan fingerprint density at radius 1 is 1.04 bits per heavy atom. The second-order valence-electron chi connectivity index (χ2n) is 6.27. The SMILES string of the molecule is Cl.O=CNC1(c2ccc(=O)n(Cc3ccccc3)c2)CCCCC1.